The summed E-state index contributed by atoms with van der Waals surface area (Å²) in [6.45, 7) is 5.04. The van der Waals surface area contributed by atoms with Gasteiger partial charge in [-0.3, -0.25) is 14.5 Å². The highest BCUT2D eigenvalue weighted by Crippen LogP contribution is 2.22. The van der Waals surface area contributed by atoms with Crippen molar-refractivity contribution in [1.29, 1.82) is 0 Å². The van der Waals surface area contributed by atoms with Crippen LogP contribution in [0.3, 0.4) is 0 Å². The number of aryl methyl sites for hydroxylation is 1. The lowest BCUT2D eigenvalue weighted by Crippen LogP contribution is -2.22. The molecule has 3 aromatic rings. The van der Waals surface area contributed by atoms with E-state index in [-0.39, 0.29) is 11.3 Å². The van der Waals surface area contributed by atoms with E-state index in [0.717, 1.165) is 48.1 Å². The lowest BCUT2D eigenvalue weighted by molar-refractivity contribution is 0.0953. The summed E-state index contributed by atoms with van der Waals surface area (Å²) in [5, 5.41) is 3.40. The monoisotopic (exact) mass is 438 g/mol. The van der Waals surface area contributed by atoms with E-state index in [9.17, 15) is 14.0 Å². The third-order valence-corrected chi connectivity index (χ3v) is 5.89. The van der Waals surface area contributed by atoms with E-state index in [4.69, 9.17) is 4.74 Å². The first-order chi connectivity index (χ1) is 15.5. The van der Waals surface area contributed by atoms with Crippen molar-refractivity contribution in [3.63, 3.8) is 0 Å². The summed E-state index contributed by atoms with van der Waals surface area (Å²) in [5.74, 6) is -0.623. The maximum absolute atomic E-state index is 14.0. The summed E-state index contributed by atoms with van der Waals surface area (Å²) in [4.78, 5) is 32.8. The molecule has 8 heteroatoms. The standard InChI is InChI=1S/C24H27FN4O3/c1-3-17-9-18-5-4-15(8-21(18)28-23(17)30)12-29-7-6-16(13-29)14-32-19-10-20(25)22(27-11-19)24(31)26-2/h4-5,8-11,16H,3,6-7,12-14H2,1-2H3,(H,26,31)(H,28,30)/t16-/m1/s1. The second-order valence-electron chi connectivity index (χ2n) is 8.18. The number of benzene rings is 1. The fourth-order valence-electron chi connectivity index (χ4n) is 4.10. The predicted octanol–water partition coefficient (Wildman–Crippen LogP) is 2.89. The second-order valence-corrected chi connectivity index (χ2v) is 8.18. The van der Waals surface area contributed by atoms with Crippen molar-refractivity contribution in [3.8, 4) is 5.75 Å². The van der Waals surface area contributed by atoms with Crippen molar-refractivity contribution < 1.29 is 13.9 Å². The van der Waals surface area contributed by atoms with Crippen molar-refractivity contribution in [1.82, 2.24) is 20.2 Å². The summed E-state index contributed by atoms with van der Waals surface area (Å²) in [5.41, 5.74) is 2.54. The Morgan fingerprint density at radius 2 is 2.19 bits per heavy atom. The Morgan fingerprint density at radius 3 is 2.94 bits per heavy atom. The number of likely N-dealkylation sites (tertiary alicyclic amines) is 1. The zero-order valence-corrected chi connectivity index (χ0v) is 18.3. The molecule has 1 aromatic carbocycles. The molecule has 2 N–H and O–H groups in total. The molecule has 32 heavy (non-hydrogen) atoms. The molecule has 168 valence electrons. The van der Waals surface area contributed by atoms with Gasteiger partial charge in [0.2, 0.25) is 0 Å². The molecule has 0 saturated carbocycles. The molecule has 0 aliphatic carbocycles. The van der Waals surface area contributed by atoms with E-state index >= 15 is 0 Å². The van der Waals surface area contributed by atoms with E-state index in [2.05, 4.69) is 32.3 Å². The first kappa shape index (κ1) is 22.0. The SMILES string of the molecule is CCc1cc2ccc(CN3CC[C@@H](COc4cnc(C(=O)NC)c(F)c4)C3)cc2[nH]c1=O. The average Bonchev–Trinajstić information content (AvgIpc) is 3.24. The maximum Gasteiger partial charge on any atom is 0.272 e. The van der Waals surface area contributed by atoms with Crippen molar-refractivity contribution in [2.75, 3.05) is 26.7 Å². The summed E-state index contributed by atoms with van der Waals surface area (Å²) in [7, 11) is 1.43. The number of rotatable bonds is 7. The molecule has 4 rings (SSSR count). The highest BCUT2D eigenvalue weighted by molar-refractivity contribution is 5.92. The molecule has 2 aromatic heterocycles. The number of amides is 1. The van der Waals surface area contributed by atoms with Gasteiger partial charge in [-0.25, -0.2) is 9.37 Å². The number of halogens is 1. The summed E-state index contributed by atoms with van der Waals surface area (Å²) < 4.78 is 19.8. The van der Waals surface area contributed by atoms with Crippen LogP contribution in [0.4, 0.5) is 4.39 Å². The third-order valence-electron chi connectivity index (χ3n) is 5.89. The lowest BCUT2D eigenvalue weighted by Gasteiger charge is -2.17. The zero-order valence-electron chi connectivity index (χ0n) is 18.3. The number of nitrogens with zero attached hydrogens (tertiary/aromatic N) is 2. The number of H-pyrrole nitrogens is 1. The molecule has 0 spiro atoms. The number of ether oxygens (including phenoxy) is 1. The number of hydrogen-bond acceptors (Lipinski definition) is 5. The van der Waals surface area contributed by atoms with Crippen LogP contribution >= 0.6 is 0 Å². The molecule has 7 nitrogen and oxygen atoms in total. The number of nitrogens with one attached hydrogen (secondary N) is 2. The van der Waals surface area contributed by atoms with E-state index in [1.54, 1.807) is 0 Å². The summed E-state index contributed by atoms with van der Waals surface area (Å²) >= 11 is 0. The highest BCUT2D eigenvalue weighted by atomic mass is 19.1. The van der Waals surface area contributed by atoms with E-state index in [1.807, 2.05) is 19.1 Å². The van der Waals surface area contributed by atoms with E-state index in [0.29, 0.717) is 24.7 Å². The predicted molar refractivity (Wildman–Crippen MR) is 120 cm³/mol. The molecule has 0 unspecified atom stereocenters. The van der Waals surface area contributed by atoms with Gasteiger partial charge in [0.05, 0.1) is 12.8 Å². The first-order valence-corrected chi connectivity index (χ1v) is 10.8. The highest BCUT2D eigenvalue weighted by Gasteiger charge is 2.23. The number of hydrogen-bond donors (Lipinski definition) is 2. The minimum Gasteiger partial charge on any atom is -0.492 e. The second kappa shape index (κ2) is 9.48. The fourth-order valence-corrected chi connectivity index (χ4v) is 4.10. The van der Waals surface area contributed by atoms with Gasteiger partial charge in [0, 0.05) is 43.2 Å². The molecule has 1 fully saturated rings. The molecular weight excluding hydrogens is 411 g/mol. The molecular formula is C24H27FN4O3. The molecule has 0 radical (unpaired) electrons. The van der Waals surface area contributed by atoms with Gasteiger partial charge >= 0.3 is 0 Å². The Hall–Kier alpha value is -3.26. The first-order valence-electron chi connectivity index (χ1n) is 10.8. The Bertz CT molecular complexity index is 1190. The molecule has 1 amide bonds. The lowest BCUT2D eigenvalue weighted by atomic mass is 10.1. The topological polar surface area (TPSA) is 87.3 Å². The van der Waals surface area contributed by atoms with Crippen LogP contribution in [0.1, 0.15) is 35.0 Å². The van der Waals surface area contributed by atoms with E-state index < -0.39 is 11.7 Å². The Morgan fingerprint density at radius 1 is 1.34 bits per heavy atom. The van der Waals surface area contributed by atoms with Crippen LogP contribution in [-0.4, -0.2) is 47.5 Å². The molecule has 0 bridgehead atoms. The van der Waals surface area contributed by atoms with Crippen molar-refractivity contribution in [3.05, 3.63) is 69.5 Å². The molecule has 1 atom stereocenters. The van der Waals surface area contributed by atoms with Crippen molar-refractivity contribution >= 4 is 16.8 Å². The van der Waals surface area contributed by atoms with Crippen LogP contribution in [0.2, 0.25) is 0 Å². The Kier molecular flexibility index (Phi) is 6.50. The largest absolute Gasteiger partial charge is 0.492 e. The minimum absolute atomic E-state index is 0.0233. The molecule has 1 aliphatic rings. The molecule has 1 aliphatic heterocycles. The van der Waals surface area contributed by atoms with Gasteiger partial charge < -0.3 is 15.0 Å². The maximum atomic E-state index is 14.0. The van der Waals surface area contributed by atoms with Crippen LogP contribution in [0, 0.1) is 11.7 Å². The Balaban J connectivity index is 1.33. The minimum atomic E-state index is -0.699. The van der Waals surface area contributed by atoms with Crippen molar-refractivity contribution in [2.24, 2.45) is 5.92 Å². The van der Waals surface area contributed by atoms with Crippen LogP contribution in [0.5, 0.6) is 5.75 Å². The average molecular weight is 439 g/mol. The normalized spacial score (nSPS) is 16.4. The molecule has 1 saturated heterocycles. The van der Waals surface area contributed by atoms with Gasteiger partial charge in [-0.05, 0) is 42.5 Å². The van der Waals surface area contributed by atoms with Gasteiger partial charge in [-0.1, -0.05) is 19.1 Å². The van der Waals surface area contributed by atoms with Crippen LogP contribution in [0.25, 0.3) is 10.9 Å². The summed E-state index contributed by atoms with van der Waals surface area (Å²) in [6, 6.07) is 9.36. The van der Waals surface area contributed by atoms with Crippen LogP contribution in [0.15, 0.2) is 41.3 Å². The van der Waals surface area contributed by atoms with Gasteiger partial charge in [0.1, 0.15) is 5.75 Å². The summed E-state index contributed by atoms with van der Waals surface area (Å²) in [6.07, 6.45) is 3.07. The number of carbonyl (C=O) groups is 1. The fraction of sp³-hybridized carbons (Fsp3) is 0.375. The zero-order chi connectivity index (χ0) is 22.7. The Labute approximate surface area is 185 Å². The van der Waals surface area contributed by atoms with E-state index in [1.165, 1.54) is 19.3 Å². The number of pyridine rings is 2. The van der Waals surface area contributed by atoms with Crippen LogP contribution < -0.4 is 15.6 Å². The molecule has 3 heterocycles. The van der Waals surface area contributed by atoms with Crippen LogP contribution in [-0.2, 0) is 13.0 Å². The quantitative estimate of drug-likeness (QED) is 0.592. The van der Waals surface area contributed by atoms with Gasteiger partial charge in [0.15, 0.2) is 11.5 Å². The van der Waals surface area contributed by atoms with Gasteiger partial charge in [-0.2, -0.15) is 0 Å². The number of aromatic nitrogens is 2. The number of fused-ring (bicyclic) bond motifs is 1. The third kappa shape index (κ3) is 4.80. The van der Waals surface area contributed by atoms with Gasteiger partial charge in [-0.15, -0.1) is 0 Å². The number of carbonyl (C=O) groups excluding carboxylic acids is 1. The van der Waals surface area contributed by atoms with Crippen molar-refractivity contribution in [2.45, 2.75) is 26.3 Å². The smallest absolute Gasteiger partial charge is 0.272 e. The number of aromatic amines is 1. The van der Waals surface area contributed by atoms with Gasteiger partial charge in [0.25, 0.3) is 11.5 Å².